The zero-order valence-corrected chi connectivity index (χ0v) is 19.0. The highest BCUT2D eigenvalue weighted by molar-refractivity contribution is 6.42. The highest BCUT2D eigenvalue weighted by Crippen LogP contribution is 2.44. The van der Waals surface area contributed by atoms with Gasteiger partial charge in [-0.2, -0.15) is 5.10 Å². The maximum Gasteiger partial charge on any atom is 0.271 e. The molecule has 2 aromatic carbocycles. The topological polar surface area (TPSA) is 44.7 Å². The molecule has 1 heterocycles. The molecule has 2 aromatic rings. The number of anilines is 1. The van der Waals surface area contributed by atoms with Crippen LogP contribution in [0, 0.1) is 0 Å². The third kappa shape index (κ3) is 4.59. The van der Waals surface area contributed by atoms with Crippen molar-refractivity contribution in [3.8, 4) is 0 Å². The number of hydrogen-bond donors (Lipinski definition) is 1. The summed E-state index contributed by atoms with van der Waals surface area (Å²) in [5.74, 6) is 0.119. The third-order valence-electron chi connectivity index (χ3n) is 5.38. The Morgan fingerprint density at radius 3 is 2.59 bits per heavy atom. The predicted molar refractivity (Wildman–Crippen MR) is 123 cm³/mol. The molecule has 1 amide bonds. The van der Waals surface area contributed by atoms with Crippen LogP contribution in [0.2, 0.25) is 10.0 Å². The van der Waals surface area contributed by atoms with Crippen molar-refractivity contribution in [3.05, 3.63) is 63.1 Å². The second-order valence-corrected chi connectivity index (χ2v) is 9.34. The first-order chi connectivity index (χ1) is 13.6. The molecular formula is C23H27Cl2N3O. The van der Waals surface area contributed by atoms with Crippen molar-refractivity contribution in [3.63, 3.8) is 0 Å². The van der Waals surface area contributed by atoms with Crippen LogP contribution in [0.25, 0.3) is 0 Å². The van der Waals surface area contributed by atoms with Crippen LogP contribution in [0.15, 0.2) is 41.5 Å². The van der Waals surface area contributed by atoms with E-state index in [1.807, 2.05) is 6.07 Å². The van der Waals surface area contributed by atoms with Gasteiger partial charge in [0, 0.05) is 22.8 Å². The maximum absolute atomic E-state index is 12.2. The molecule has 0 aromatic heterocycles. The first-order valence-corrected chi connectivity index (χ1v) is 10.6. The highest BCUT2D eigenvalue weighted by atomic mass is 35.5. The Morgan fingerprint density at radius 2 is 1.93 bits per heavy atom. The molecule has 1 atom stereocenters. The average Bonchev–Trinajstić information content (AvgIpc) is 2.63. The van der Waals surface area contributed by atoms with E-state index in [2.05, 4.69) is 62.2 Å². The Balaban J connectivity index is 1.78. The van der Waals surface area contributed by atoms with Crippen molar-refractivity contribution in [2.75, 3.05) is 4.90 Å². The highest BCUT2D eigenvalue weighted by Gasteiger charge is 2.37. The number of halogens is 2. The minimum absolute atomic E-state index is 0.115. The SMILES string of the molecule is CC1CC(C)(C)N(C(C)C)c2ccc(/C=N/NC(=O)c3ccc(Cl)c(Cl)c3)cc21. The van der Waals surface area contributed by atoms with Crippen molar-refractivity contribution >= 4 is 41.0 Å². The van der Waals surface area contributed by atoms with Gasteiger partial charge >= 0.3 is 0 Å². The number of hydrogen-bond acceptors (Lipinski definition) is 3. The molecule has 0 fully saturated rings. The van der Waals surface area contributed by atoms with E-state index in [1.165, 1.54) is 17.3 Å². The van der Waals surface area contributed by atoms with E-state index in [9.17, 15) is 4.79 Å². The number of nitrogens with one attached hydrogen (secondary N) is 1. The van der Waals surface area contributed by atoms with Gasteiger partial charge in [-0.3, -0.25) is 4.79 Å². The van der Waals surface area contributed by atoms with E-state index in [0.29, 0.717) is 27.6 Å². The molecule has 0 bridgehead atoms. The Bertz CT molecular complexity index is 953. The van der Waals surface area contributed by atoms with E-state index in [-0.39, 0.29) is 11.4 Å². The maximum atomic E-state index is 12.2. The molecule has 0 saturated carbocycles. The van der Waals surface area contributed by atoms with Crippen molar-refractivity contribution in [2.45, 2.75) is 58.5 Å². The molecule has 29 heavy (non-hydrogen) atoms. The summed E-state index contributed by atoms with van der Waals surface area (Å²) in [5.41, 5.74) is 6.61. The summed E-state index contributed by atoms with van der Waals surface area (Å²) in [7, 11) is 0. The number of amides is 1. The third-order valence-corrected chi connectivity index (χ3v) is 6.12. The van der Waals surface area contributed by atoms with Gasteiger partial charge in [-0.05, 0) is 81.5 Å². The van der Waals surface area contributed by atoms with Gasteiger partial charge in [-0.25, -0.2) is 5.43 Å². The number of nitrogens with zero attached hydrogens (tertiary/aromatic N) is 2. The number of carbonyl (C=O) groups is 1. The second-order valence-electron chi connectivity index (χ2n) is 8.53. The Labute approximate surface area is 182 Å². The van der Waals surface area contributed by atoms with Crippen molar-refractivity contribution in [1.82, 2.24) is 5.43 Å². The molecular weight excluding hydrogens is 405 g/mol. The molecule has 0 saturated heterocycles. The first kappa shape index (κ1) is 21.7. The summed E-state index contributed by atoms with van der Waals surface area (Å²) in [4.78, 5) is 14.7. The smallest absolute Gasteiger partial charge is 0.271 e. The summed E-state index contributed by atoms with van der Waals surface area (Å²) >= 11 is 11.9. The number of hydrazone groups is 1. The fourth-order valence-corrected chi connectivity index (χ4v) is 4.69. The Morgan fingerprint density at radius 1 is 1.21 bits per heavy atom. The van der Waals surface area contributed by atoms with Gasteiger partial charge in [0.25, 0.3) is 5.91 Å². The monoisotopic (exact) mass is 431 g/mol. The van der Waals surface area contributed by atoms with Crippen LogP contribution in [0.5, 0.6) is 0 Å². The number of rotatable bonds is 4. The summed E-state index contributed by atoms with van der Waals surface area (Å²) in [6.07, 6.45) is 2.76. The molecule has 1 aliphatic rings. The van der Waals surface area contributed by atoms with Crippen LogP contribution >= 0.6 is 23.2 Å². The van der Waals surface area contributed by atoms with Crippen LogP contribution in [-0.4, -0.2) is 23.7 Å². The summed E-state index contributed by atoms with van der Waals surface area (Å²) in [6.45, 7) is 11.3. The minimum Gasteiger partial charge on any atom is -0.364 e. The summed E-state index contributed by atoms with van der Waals surface area (Å²) < 4.78 is 0. The van der Waals surface area contributed by atoms with Gasteiger partial charge in [-0.15, -0.1) is 0 Å². The van der Waals surface area contributed by atoms with Crippen LogP contribution in [0.1, 0.15) is 68.4 Å². The van der Waals surface area contributed by atoms with E-state index in [4.69, 9.17) is 23.2 Å². The summed E-state index contributed by atoms with van der Waals surface area (Å²) in [6, 6.07) is 11.5. The zero-order chi connectivity index (χ0) is 21.3. The van der Waals surface area contributed by atoms with Crippen molar-refractivity contribution < 1.29 is 4.79 Å². The van der Waals surface area contributed by atoms with Gasteiger partial charge < -0.3 is 4.90 Å². The zero-order valence-electron chi connectivity index (χ0n) is 17.5. The predicted octanol–water partition coefficient (Wildman–Crippen LogP) is 6.26. The molecule has 0 spiro atoms. The molecule has 1 unspecified atom stereocenters. The van der Waals surface area contributed by atoms with Gasteiger partial charge in [0.15, 0.2) is 0 Å². The van der Waals surface area contributed by atoms with Gasteiger partial charge in [-0.1, -0.05) is 36.2 Å². The van der Waals surface area contributed by atoms with E-state index in [0.717, 1.165) is 12.0 Å². The average molecular weight is 432 g/mol. The Hall–Kier alpha value is -2.04. The molecule has 3 rings (SSSR count). The molecule has 1 N–H and O–H groups in total. The lowest BCUT2D eigenvalue weighted by Gasteiger charge is -2.50. The number of carbonyl (C=O) groups excluding carboxylic acids is 1. The van der Waals surface area contributed by atoms with Crippen molar-refractivity contribution in [2.24, 2.45) is 5.10 Å². The molecule has 154 valence electrons. The fourth-order valence-electron chi connectivity index (χ4n) is 4.40. The van der Waals surface area contributed by atoms with E-state index < -0.39 is 0 Å². The molecule has 1 aliphatic heterocycles. The van der Waals surface area contributed by atoms with Crippen LogP contribution < -0.4 is 10.3 Å². The standard InChI is InChI=1S/C23H27Cl2N3O/c1-14(2)28-21-9-6-16(10-18(21)15(3)12-23(28,4)5)13-26-27-22(29)17-7-8-19(24)20(25)11-17/h6-11,13-15H,12H2,1-5H3,(H,27,29)/b26-13+. The van der Waals surface area contributed by atoms with E-state index in [1.54, 1.807) is 18.3 Å². The molecule has 4 nitrogen and oxygen atoms in total. The Kier molecular flexibility index (Phi) is 6.25. The van der Waals surface area contributed by atoms with Crippen molar-refractivity contribution in [1.29, 1.82) is 0 Å². The lowest BCUT2D eigenvalue weighted by Crippen LogP contribution is -2.51. The molecule has 0 aliphatic carbocycles. The van der Waals surface area contributed by atoms with Crippen LogP contribution in [-0.2, 0) is 0 Å². The van der Waals surface area contributed by atoms with Gasteiger partial charge in [0.05, 0.1) is 16.3 Å². The second kappa shape index (κ2) is 8.37. The first-order valence-electron chi connectivity index (χ1n) is 9.82. The minimum atomic E-state index is -0.334. The quantitative estimate of drug-likeness (QED) is 0.458. The van der Waals surface area contributed by atoms with E-state index >= 15 is 0 Å². The van der Waals surface area contributed by atoms with Gasteiger partial charge in [0.2, 0.25) is 0 Å². The fraction of sp³-hybridized carbons (Fsp3) is 0.391. The lowest BCUT2D eigenvalue weighted by atomic mass is 9.79. The normalized spacial score (nSPS) is 18.2. The molecule has 0 radical (unpaired) electrons. The number of benzene rings is 2. The largest absolute Gasteiger partial charge is 0.364 e. The van der Waals surface area contributed by atoms with Crippen LogP contribution in [0.3, 0.4) is 0 Å². The van der Waals surface area contributed by atoms with Gasteiger partial charge in [0.1, 0.15) is 0 Å². The summed E-state index contributed by atoms with van der Waals surface area (Å²) in [5, 5.41) is 4.86. The van der Waals surface area contributed by atoms with Crippen LogP contribution in [0.4, 0.5) is 5.69 Å². The lowest BCUT2D eigenvalue weighted by molar-refractivity contribution is 0.0955. The molecule has 6 heteroatoms. The number of fused-ring (bicyclic) bond motifs is 1.